The maximum absolute atomic E-state index is 13.1. The van der Waals surface area contributed by atoms with Crippen molar-refractivity contribution in [1.29, 1.82) is 0 Å². The Morgan fingerprint density at radius 3 is 2.55 bits per heavy atom. The molecule has 22 heavy (non-hydrogen) atoms. The van der Waals surface area contributed by atoms with E-state index in [0.717, 1.165) is 37.6 Å². The smallest absolute Gasteiger partial charge is 0.236 e. The van der Waals surface area contributed by atoms with Crippen molar-refractivity contribution in [2.45, 2.75) is 25.4 Å². The predicted octanol–water partition coefficient (Wildman–Crippen LogP) is 1.61. The van der Waals surface area contributed by atoms with Gasteiger partial charge in [-0.2, -0.15) is 0 Å². The van der Waals surface area contributed by atoms with Gasteiger partial charge in [-0.1, -0.05) is 6.07 Å². The van der Waals surface area contributed by atoms with Gasteiger partial charge in [0, 0.05) is 39.8 Å². The Bertz CT molecular complexity index is 514. The van der Waals surface area contributed by atoms with Gasteiger partial charge in [-0.25, -0.2) is 8.78 Å². The van der Waals surface area contributed by atoms with Crippen molar-refractivity contribution in [2.24, 2.45) is 0 Å². The van der Waals surface area contributed by atoms with E-state index in [1.807, 2.05) is 0 Å². The van der Waals surface area contributed by atoms with Gasteiger partial charge < -0.3 is 10.2 Å². The molecule has 0 atom stereocenters. The first-order chi connectivity index (χ1) is 10.5. The lowest BCUT2D eigenvalue weighted by Crippen LogP contribution is -2.45. The number of likely N-dealkylation sites (N-methyl/N-ethyl adjacent to an activating group) is 1. The van der Waals surface area contributed by atoms with E-state index in [0.29, 0.717) is 19.1 Å². The highest BCUT2D eigenvalue weighted by Crippen LogP contribution is 2.13. The number of likely N-dealkylation sites (tertiary alicyclic amines) is 1. The number of hydrogen-bond acceptors (Lipinski definition) is 3. The van der Waals surface area contributed by atoms with E-state index in [9.17, 15) is 13.6 Å². The summed E-state index contributed by atoms with van der Waals surface area (Å²) >= 11 is 0. The number of piperidine rings is 1. The van der Waals surface area contributed by atoms with Gasteiger partial charge >= 0.3 is 0 Å². The van der Waals surface area contributed by atoms with Crippen LogP contribution in [0.1, 0.15) is 18.4 Å². The Kier molecular flexibility index (Phi) is 5.85. The molecule has 6 heteroatoms. The number of carbonyl (C=O) groups excluding carboxylic acids is 1. The van der Waals surface area contributed by atoms with Crippen LogP contribution in [0, 0.1) is 11.6 Å². The summed E-state index contributed by atoms with van der Waals surface area (Å²) in [7, 11) is 3.52. The van der Waals surface area contributed by atoms with Gasteiger partial charge in [-0.3, -0.25) is 9.69 Å². The molecule has 1 aliphatic rings. The Labute approximate surface area is 130 Å². The second-order valence-corrected chi connectivity index (χ2v) is 5.97. The molecule has 1 N–H and O–H groups in total. The van der Waals surface area contributed by atoms with Crippen molar-refractivity contribution < 1.29 is 13.6 Å². The largest absolute Gasteiger partial charge is 0.348 e. The van der Waals surface area contributed by atoms with Gasteiger partial charge in [0.05, 0.1) is 6.54 Å². The molecule has 4 nitrogen and oxygen atoms in total. The highest BCUT2D eigenvalue weighted by molar-refractivity contribution is 5.77. The van der Waals surface area contributed by atoms with Gasteiger partial charge in [0.15, 0.2) is 11.6 Å². The number of nitrogens with one attached hydrogen (secondary N) is 1. The second-order valence-electron chi connectivity index (χ2n) is 5.97. The van der Waals surface area contributed by atoms with Crippen molar-refractivity contribution in [3.05, 3.63) is 35.4 Å². The van der Waals surface area contributed by atoms with E-state index >= 15 is 0 Å². The van der Waals surface area contributed by atoms with Crippen LogP contribution in [-0.4, -0.2) is 55.5 Å². The maximum Gasteiger partial charge on any atom is 0.236 e. The first kappa shape index (κ1) is 16.8. The van der Waals surface area contributed by atoms with Crippen LogP contribution in [0.3, 0.4) is 0 Å². The summed E-state index contributed by atoms with van der Waals surface area (Å²) in [6, 6.07) is 4.32. The van der Waals surface area contributed by atoms with Crippen LogP contribution in [0.4, 0.5) is 8.78 Å². The van der Waals surface area contributed by atoms with Crippen LogP contribution < -0.4 is 5.32 Å². The molecule has 1 heterocycles. The Morgan fingerprint density at radius 2 is 1.95 bits per heavy atom. The van der Waals surface area contributed by atoms with Crippen molar-refractivity contribution in [2.75, 3.05) is 33.7 Å². The third-order valence-electron chi connectivity index (χ3n) is 4.02. The summed E-state index contributed by atoms with van der Waals surface area (Å²) in [5.74, 6) is -1.51. The zero-order valence-corrected chi connectivity index (χ0v) is 13.1. The molecular formula is C16H23F2N3O. The fourth-order valence-corrected chi connectivity index (χ4v) is 2.54. The number of nitrogens with zero attached hydrogens (tertiary/aromatic N) is 2. The zero-order valence-electron chi connectivity index (χ0n) is 13.1. The van der Waals surface area contributed by atoms with Crippen LogP contribution in [0.25, 0.3) is 0 Å². The van der Waals surface area contributed by atoms with Crippen molar-refractivity contribution in [3.8, 4) is 0 Å². The van der Waals surface area contributed by atoms with E-state index in [1.165, 1.54) is 6.07 Å². The molecule has 1 aromatic carbocycles. The molecule has 0 aromatic heterocycles. The summed E-state index contributed by atoms with van der Waals surface area (Å²) in [4.78, 5) is 15.4. The van der Waals surface area contributed by atoms with E-state index in [4.69, 9.17) is 0 Å². The molecule has 0 radical (unpaired) electrons. The fraction of sp³-hybridized carbons (Fsp3) is 0.562. The van der Waals surface area contributed by atoms with Crippen molar-refractivity contribution in [1.82, 2.24) is 15.1 Å². The Balaban J connectivity index is 1.73. The normalized spacial score (nSPS) is 16.7. The number of hydrogen-bond donors (Lipinski definition) is 1. The second kappa shape index (κ2) is 7.65. The van der Waals surface area contributed by atoms with Gasteiger partial charge in [-0.05, 0) is 30.5 Å². The molecule has 1 fully saturated rings. The number of benzene rings is 1. The SMILES string of the molecule is CN(C)C(=O)CN1CCC(NCc2ccc(F)c(F)c2)CC1. The Morgan fingerprint density at radius 1 is 1.27 bits per heavy atom. The lowest BCUT2D eigenvalue weighted by Gasteiger charge is -2.32. The molecule has 0 saturated carbocycles. The molecule has 0 bridgehead atoms. The molecule has 1 saturated heterocycles. The fourth-order valence-electron chi connectivity index (χ4n) is 2.54. The lowest BCUT2D eigenvalue weighted by molar-refractivity contribution is -0.130. The predicted molar refractivity (Wildman–Crippen MR) is 81.4 cm³/mol. The molecule has 0 aliphatic carbocycles. The summed E-state index contributed by atoms with van der Waals surface area (Å²) < 4.78 is 26.0. The topological polar surface area (TPSA) is 35.6 Å². The summed E-state index contributed by atoms with van der Waals surface area (Å²) in [5, 5.41) is 3.37. The quantitative estimate of drug-likeness (QED) is 0.897. The third kappa shape index (κ3) is 4.74. The molecule has 2 rings (SSSR count). The standard InChI is InChI=1S/C16H23F2N3O/c1-20(2)16(22)11-21-7-5-13(6-8-21)19-10-12-3-4-14(17)15(18)9-12/h3-4,9,13,19H,5-8,10-11H2,1-2H3. The van der Waals surface area contributed by atoms with Crippen molar-refractivity contribution in [3.63, 3.8) is 0 Å². The summed E-state index contributed by atoms with van der Waals surface area (Å²) in [5.41, 5.74) is 0.740. The van der Waals surface area contributed by atoms with Gasteiger partial charge in [0.1, 0.15) is 0 Å². The zero-order chi connectivity index (χ0) is 16.1. The molecule has 0 spiro atoms. The minimum Gasteiger partial charge on any atom is -0.348 e. The first-order valence-corrected chi connectivity index (χ1v) is 7.55. The lowest BCUT2D eigenvalue weighted by atomic mass is 10.0. The van der Waals surface area contributed by atoms with Crippen LogP contribution in [0.2, 0.25) is 0 Å². The average molecular weight is 311 g/mol. The Hall–Kier alpha value is -1.53. The summed E-state index contributed by atoms with van der Waals surface area (Å²) in [6.07, 6.45) is 1.90. The van der Waals surface area contributed by atoms with E-state index < -0.39 is 11.6 Å². The summed E-state index contributed by atoms with van der Waals surface area (Å²) in [6.45, 7) is 2.73. The molecule has 0 unspecified atom stereocenters. The molecule has 122 valence electrons. The number of carbonyl (C=O) groups is 1. The highest BCUT2D eigenvalue weighted by atomic mass is 19.2. The van der Waals surface area contributed by atoms with Crippen LogP contribution in [0.5, 0.6) is 0 Å². The van der Waals surface area contributed by atoms with Gasteiger partial charge in [0.25, 0.3) is 0 Å². The van der Waals surface area contributed by atoms with E-state index in [-0.39, 0.29) is 5.91 Å². The average Bonchev–Trinajstić information content (AvgIpc) is 2.49. The molecule has 1 amide bonds. The van der Waals surface area contributed by atoms with Crippen LogP contribution >= 0.6 is 0 Å². The highest BCUT2D eigenvalue weighted by Gasteiger charge is 2.21. The minimum atomic E-state index is -0.817. The maximum atomic E-state index is 13.1. The van der Waals surface area contributed by atoms with Crippen LogP contribution in [-0.2, 0) is 11.3 Å². The van der Waals surface area contributed by atoms with E-state index in [2.05, 4.69) is 10.2 Å². The molecule has 1 aromatic rings. The first-order valence-electron chi connectivity index (χ1n) is 7.55. The number of halogens is 2. The third-order valence-corrected chi connectivity index (χ3v) is 4.02. The number of rotatable bonds is 5. The minimum absolute atomic E-state index is 0.119. The van der Waals surface area contributed by atoms with Gasteiger partial charge in [0.2, 0.25) is 5.91 Å². The molecular weight excluding hydrogens is 288 g/mol. The van der Waals surface area contributed by atoms with Crippen molar-refractivity contribution >= 4 is 5.91 Å². The molecule has 1 aliphatic heterocycles. The van der Waals surface area contributed by atoms with E-state index in [1.54, 1.807) is 25.1 Å². The van der Waals surface area contributed by atoms with Crippen LogP contribution in [0.15, 0.2) is 18.2 Å². The van der Waals surface area contributed by atoms with Gasteiger partial charge in [-0.15, -0.1) is 0 Å². The monoisotopic (exact) mass is 311 g/mol. The number of amides is 1.